The summed E-state index contributed by atoms with van der Waals surface area (Å²) in [6.45, 7) is 0. The highest BCUT2D eigenvalue weighted by atomic mass is 16.3. The van der Waals surface area contributed by atoms with Crippen LogP contribution >= 0.6 is 0 Å². The second kappa shape index (κ2) is 7.22. The van der Waals surface area contributed by atoms with E-state index in [1.165, 1.54) is 60.2 Å². The Hall–Kier alpha value is -5.28. The van der Waals surface area contributed by atoms with Crippen LogP contribution in [-0.2, 0) is 0 Å². The number of rotatable bonds is 1. The molecule has 3 aromatic heterocycles. The zero-order valence-corrected chi connectivity index (χ0v) is 21.5. The molecule has 1 unspecified atom stereocenters. The molecule has 1 aliphatic carbocycles. The molecule has 0 bridgehead atoms. The Kier molecular flexibility index (Phi) is 3.73. The zero-order chi connectivity index (χ0) is 25.9. The third-order valence-corrected chi connectivity index (χ3v) is 8.90. The first-order valence-electron chi connectivity index (χ1n) is 13.8. The predicted molar refractivity (Wildman–Crippen MR) is 167 cm³/mol. The summed E-state index contributed by atoms with van der Waals surface area (Å²) in [7, 11) is 0. The molecule has 3 nitrogen and oxygen atoms in total. The average molecular weight is 511 g/mol. The molecule has 0 saturated carbocycles. The van der Waals surface area contributed by atoms with Gasteiger partial charge in [0.15, 0.2) is 0 Å². The zero-order valence-electron chi connectivity index (χ0n) is 21.5. The number of allylic oxidation sites excluding steroid dienone is 2. The number of anilines is 1. The van der Waals surface area contributed by atoms with Crippen molar-refractivity contribution >= 4 is 71.8 Å². The van der Waals surface area contributed by atoms with Gasteiger partial charge < -0.3 is 9.73 Å². The molecular weight excluding hydrogens is 488 g/mol. The van der Waals surface area contributed by atoms with Gasteiger partial charge in [-0.15, -0.1) is 0 Å². The van der Waals surface area contributed by atoms with Crippen LogP contribution < -0.4 is 5.32 Å². The number of hydrogen-bond acceptors (Lipinski definition) is 2. The van der Waals surface area contributed by atoms with Crippen molar-refractivity contribution in [2.24, 2.45) is 0 Å². The van der Waals surface area contributed by atoms with Crippen molar-refractivity contribution < 1.29 is 4.42 Å². The Morgan fingerprint density at radius 2 is 1.57 bits per heavy atom. The minimum Gasteiger partial charge on any atom is -0.455 e. The maximum atomic E-state index is 6.61. The number of furan rings is 1. The Balaban J connectivity index is 1.41. The van der Waals surface area contributed by atoms with Gasteiger partial charge in [0.05, 0.1) is 22.5 Å². The van der Waals surface area contributed by atoms with Crippen LogP contribution in [-0.4, -0.2) is 10.4 Å². The largest absolute Gasteiger partial charge is 0.455 e. The number of benzene rings is 5. The van der Waals surface area contributed by atoms with Gasteiger partial charge in [-0.25, -0.2) is 0 Å². The fourth-order valence-corrected chi connectivity index (χ4v) is 7.16. The minimum absolute atomic E-state index is 0.165. The summed E-state index contributed by atoms with van der Waals surface area (Å²) in [5.41, 5.74) is 9.31. The summed E-state index contributed by atoms with van der Waals surface area (Å²) < 4.78 is 9.03. The predicted octanol–water partition coefficient (Wildman–Crippen LogP) is 9.71. The van der Waals surface area contributed by atoms with E-state index in [-0.39, 0.29) is 6.04 Å². The lowest BCUT2D eigenvalue weighted by molar-refractivity contribution is 0.673. The van der Waals surface area contributed by atoms with E-state index >= 15 is 0 Å². The number of aromatic nitrogens is 1. The van der Waals surface area contributed by atoms with Crippen molar-refractivity contribution in [2.75, 3.05) is 5.32 Å². The van der Waals surface area contributed by atoms with Gasteiger partial charge in [-0.3, -0.25) is 4.40 Å². The van der Waals surface area contributed by atoms with E-state index in [4.69, 9.17) is 4.42 Å². The third kappa shape index (κ3) is 2.50. The normalized spacial score (nSPS) is 16.4. The molecule has 8 aromatic rings. The molecule has 0 amide bonds. The van der Waals surface area contributed by atoms with E-state index < -0.39 is 0 Å². The number of fused-ring (bicyclic) bond motifs is 12. The van der Waals surface area contributed by atoms with Crippen molar-refractivity contribution in [1.29, 1.82) is 0 Å². The molecule has 5 aromatic carbocycles. The molecule has 10 rings (SSSR count). The average Bonchev–Trinajstić information content (AvgIpc) is 3.65. The second-order valence-electron chi connectivity index (χ2n) is 11.0. The Bertz CT molecular complexity index is 2460. The molecule has 40 heavy (non-hydrogen) atoms. The van der Waals surface area contributed by atoms with Crippen LogP contribution in [0.1, 0.15) is 5.56 Å². The molecule has 186 valence electrons. The lowest BCUT2D eigenvalue weighted by atomic mass is 9.92. The van der Waals surface area contributed by atoms with Gasteiger partial charge in [-0.05, 0) is 63.9 Å². The molecule has 2 aliphatic rings. The first-order chi connectivity index (χ1) is 19.8. The number of nitrogens with one attached hydrogen (secondary N) is 1. The highest BCUT2D eigenvalue weighted by molar-refractivity contribution is 6.28. The number of para-hydroxylation sites is 1. The summed E-state index contributed by atoms with van der Waals surface area (Å²) in [5, 5.41) is 12.4. The van der Waals surface area contributed by atoms with Crippen LogP contribution in [0.5, 0.6) is 0 Å². The highest BCUT2D eigenvalue weighted by Crippen LogP contribution is 2.48. The molecular formula is C37H22N2O. The molecule has 0 radical (unpaired) electrons. The topological polar surface area (TPSA) is 29.6 Å². The van der Waals surface area contributed by atoms with Gasteiger partial charge in [-0.2, -0.15) is 0 Å². The van der Waals surface area contributed by atoms with Crippen LogP contribution in [0.3, 0.4) is 0 Å². The SMILES string of the molecule is C1=CC2=Cc3c(n4c5ccc6c7ccccc7oc6c5c5cc(-c6cccc7ccccc67)cc3c54)NC2C=C1. The Morgan fingerprint density at radius 3 is 2.55 bits per heavy atom. The summed E-state index contributed by atoms with van der Waals surface area (Å²) in [5.74, 6) is 1.15. The minimum atomic E-state index is 0.165. The maximum Gasteiger partial charge on any atom is 0.145 e. The highest BCUT2D eigenvalue weighted by Gasteiger charge is 2.29. The lowest BCUT2D eigenvalue weighted by Crippen LogP contribution is -2.24. The molecule has 0 fully saturated rings. The van der Waals surface area contributed by atoms with Gasteiger partial charge in [0.25, 0.3) is 0 Å². The van der Waals surface area contributed by atoms with Crippen LogP contribution in [0.25, 0.3) is 77.1 Å². The molecule has 3 heteroatoms. The van der Waals surface area contributed by atoms with Crippen molar-refractivity contribution in [3.05, 3.63) is 126 Å². The molecule has 0 saturated heterocycles. The maximum absolute atomic E-state index is 6.61. The van der Waals surface area contributed by atoms with Crippen molar-refractivity contribution in [3.63, 3.8) is 0 Å². The van der Waals surface area contributed by atoms with Gasteiger partial charge in [0.1, 0.15) is 17.0 Å². The van der Waals surface area contributed by atoms with Gasteiger partial charge >= 0.3 is 0 Å². The second-order valence-corrected chi connectivity index (χ2v) is 11.0. The Labute approximate surface area is 229 Å². The Morgan fingerprint density at radius 1 is 0.725 bits per heavy atom. The fraction of sp³-hybridized carbons (Fsp3) is 0.0270. The fourth-order valence-electron chi connectivity index (χ4n) is 7.16. The first kappa shape index (κ1) is 20.7. The lowest BCUT2D eigenvalue weighted by Gasteiger charge is -2.25. The van der Waals surface area contributed by atoms with Crippen molar-refractivity contribution in [3.8, 4) is 11.1 Å². The standard InChI is InChI=1S/C37H22N2O/c1-3-11-24-21(8-1)10-7-13-25(24)23-19-28-29-18-22-9-2-5-14-31(22)38-37(29)39-32-17-16-27-26-12-4-6-15-33(26)40-36(27)34(32)30(20-23)35(28)39/h1-20,31,38H. The molecule has 1 atom stereocenters. The number of hydrogen-bond donors (Lipinski definition) is 1. The summed E-state index contributed by atoms with van der Waals surface area (Å²) in [6, 6.07) is 33.1. The van der Waals surface area contributed by atoms with Gasteiger partial charge in [-0.1, -0.05) is 85.0 Å². The first-order valence-corrected chi connectivity index (χ1v) is 13.8. The van der Waals surface area contributed by atoms with E-state index in [2.05, 4.69) is 125 Å². The number of nitrogens with zero attached hydrogens (tertiary/aromatic N) is 1. The van der Waals surface area contributed by atoms with E-state index in [0.29, 0.717) is 0 Å². The van der Waals surface area contributed by atoms with Crippen LogP contribution in [0, 0.1) is 0 Å². The van der Waals surface area contributed by atoms with Crippen molar-refractivity contribution in [1.82, 2.24) is 4.40 Å². The molecule has 4 heterocycles. The quantitative estimate of drug-likeness (QED) is 0.238. The molecule has 1 aliphatic heterocycles. The van der Waals surface area contributed by atoms with Gasteiger partial charge in [0, 0.05) is 27.1 Å². The third-order valence-electron chi connectivity index (χ3n) is 8.90. The smallest absolute Gasteiger partial charge is 0.145 e. The van der Waals surface area contributed by atoms with Crippen LogP contribution in [0.4, 0.5) is 5.82 Å². The van der Waals surface area contributed by atoms with Crippen LogP contribution in [0.15, 0.2) is 125 Å². The molecule has 0 spiro atoms. The van der Waals surface area contributed by atoms with E-state index in [1.54, 1.807) is 0 Å². The van der Waals surface area contributed by atoms with Crippen LogP contribution in [0.2, 0.25) is 0 Å². The van der Waals surface area contributed by atoms with E-state index in [9.17, 15) is 0 Å². The van der Waals surface area contributed by atoms with Crippen molar-refractivity contribution in [2.45, 2.75) is 6.04 Å². The summed E-state index contributed by atoms with van der Waals surface area (Å²) in [6.07, 6.45) is 11.1. The van der Waals surface area contributed by atoms with E-state index in [0.717, 1.165) is 27.8 Å². The van der Waals surface area contributed by atoms with Gasteiger partial charge in [0.2, 0.25) is 0 Å². The monoisotopic (exact) mass is 510 g/mol. The molecule has 1 N–H and O–H groups in total. The summed E-state index contributed by atoms with van der Waals surface area (Å²) >= 11 is 0. The summed E-state index contributed by atoms with van der Waals surface area (Å²) in [4.78, 5) is 0. The van der Waals surface area contributed by atoms with E-state index in [1.807, 2.05) is 6.07 Å².